The number of rotatable bonds is 5. The molecule has 1 aliphatic rings. The minimum absolute atomic E-state index is 0.119. The molecule has 0 radical (unpaired) electrons. The Balaban J connectivity index is 1.59. The van der Waals surface area contributed by atoms with Crippen molar-refractivity contribution in [2.24, 2.45) is 5.92 Å². The molecule has 8 heteroatoms. The summed E-state index contributed by atoms with van der Waals surface area (Å²) in [6.45, 7) is 6.35. The first kappa shape index (κ1) is 21.6. The summed E-state index contributed by atoms with van der Waals surface area (Å²) in [6.07, 6.45) is 2.31. The fraction of sp³-hybridized carbons (Fsp3) is 0.409. The lowest BCUT2D eigenvalue weighted by molar-refractivity contribution is 0.198. The molecule has 4 rings (SSSR count). The number of piperidine rings is 1. The number of anilines is 1. The van der Waals surface area contributed by atoms with Crippen LogP contribution < -0.4 is 5.32 Å². The molecule has 1 aliphatic heterocycles. The van der Waals surface area contributed by atoms with Crippen LogP contribution in [0.15, 0.2) is 42.5 Å². The van der Waals surface area contributed by atoms with Gasteiger partial charge in [-0.25, -0.2) is 4.98 Å². The van der Waals surface area contributed by atoms with Crippen molar-refractivity contribution in [2.75, 3.05) is 31.5 Å². The zero-order valence-electron chi connectivity index (χ0n) is 16.8. The lowest BCUT2D eigenvalue weighted by atomic mass is 9.97. The Hall–Kier alpha value is -1.66. The van der Waals surface area contributed by atoms with Crippen molar-refractivity contribution < 1.29 is 0 Å². The van der Waals surface area contributed by atoms with Crippen molar-refractivity contribution in [3.05, 3.63) is 48.3 Å². The van der Waals surface area contributed by atoms with Crippen molar-refractivity contribution in [3.8, 4) is 11.4 Å². The van der Waals surface area contributed by atoms with E-state index < -0.39 is 3.79 Å². The van der Waals surface area contributed by atoms with Crippen LogP contribution in [-0.4, -0.2) is 46.0 Å². The Bertz CT molecular complexity index is 1010. The summed E-state index contributed by atoms with van der Waals surface area (Å²) < 4.78 is -1.72. The van der Waals surface area contributed by atoms with E-state index in [9.17, 15) is 0 Å². The van der Waals surface area contributed by atoms with Crippen LogP contribution in [0.1, 0.15) is 25.6 Å². The fourth-order valence-electron chi connectivity index (χ4n) is 3.78. The van der Waals surface area contributed by atoms with Gasteiger partial charge in [0.25, 0.3) is 0 Å². The molecule has 0 saturated carbocycles. The van der Waals surface area contributed by atoms with Gasteiger partial charge in [-0.2, -0.15) is 9.97 Å². The summed E-state index contributed by atoms with van der Waals surface area (Å²) in [5, 5.41) is 5.60. The van der Waals surface area contributed by atoms with Gasteiger partial charge in [0.15, 0.2) is 11.6 Å². The fourth-order valence-corrected chi connectivity index (χ4v) is 4.04. The highest BCUT2D eigenvalue weighted by molar-refractivity contribution is 6.66. The monoisotopic (exact) mass is 463 g/mol. The van der Waals surface area contributed by atoms with E-state index in [1.165, 1.54) is 0 Å². The summed E-state index contributed by atoms with van der Waals surface area (Å²) in [5.41, 5.74) is 0.853. The normalized spacial score (nSPS) is 16.1. The number of alkyl halides is 3. The Morgan fingerprint density at radius 2 is 1.73 bits per heavy atom. The summed E-state index contributed by atoms with van der Waals surface area (Å²) in [5.74, 6) is 1.62. The van der Waals surface area contributed by atoms with E-state index in [2.05, 4.69) is 44.2 Å². The molecule has 1 aromatic heterocycles. The van der Waals surface area contributed by atoms with Crippen LogP contribution in [0.25, 0.3) is 22.2 Å². The number of nitrogens with zero attached hydrogens (tertiary/aromatic N) is 4. The Morgan fingerprint density at radius 3 is 2.43 bits per heavy atom. The van der Waals surface area contributed by atoms with Crippen molar-refractivity contribution >= 4 is 51.5 Å². The molecule has 0 bridgehead atoms. The SMILES string of the molecule is CCN1CCC(CNc2nc(-c3ccc4ccccc4c3)nc(C(Cl)(Cl)Cl)n2)CC1. The van der Waals surface area contributed by atoms with E-state index in [1.54, 1.807) is 0 Å². The van der Waals surface area contributed by atoms with Gasteiger partial charge in [0.05, 0.1) is 0 Å². The maximum Gasteiger partial charge on any atom is 0.250 e. The number of hydrogen-bond acceptors (Lipinski definition) is 5. The van der Waals surface area contributed by atoms with Gasteiger partial charge in [0.2, 0.25) is 9.74 Å². The van der Waals surface area contributed by atoms with E-state index in [4.69, 9.17) is 34.8 Å². The zero-order valence-corrected chi connectivity index (χ0v) is 19.1. The topological polar surface area (TPSA) is 53.9 Å². The van der Waals surface area contributed by atoms with E-state index in [0.29, 0.717) is 17.7 Å². The average molecular weight is 465 g/mol. The minimum Gasteiger partial charge on any atom is -0.354 e. The van der Waals surface area contributed by atoms with Crippen LogP contribution in [0, 0.1) is 5.92 Å². The summed E-state index contributed by atoms with van der Waals surface area (Å²) in [4.78, 5) is 15.9. The van der Waals surface area contributed by atoms with Gasteiger partial charge in [-0.3, -0.25) is 0 Å². The zero-order chi connectivity index (χ0) is 21.1. The summed E-state index contributed by atoms with van der Waals surface area (Å²) >= 11 is 18.3. The van der Waals surface area contributed by atoms with Crippen LogP contribution in [0.5, 0.6) is 0 Å². The van der Waals surface area contributed by atoms with E-state index >= 15 is 0 Å². The maximum atomic E-state index is 6.11. The molecule has 0 spiro atoms. The van der Waals surface area contributed by atoms with Crippen LogP contribution in [0.3, 0.4) is 0 Å². The molecule has 1 fully saturated rings. The second-order valence-corrected chi connectivity index (χ2v) is 9.91. The number of likely N-dealkylation sites (tertiary alicyclic amines) is 1. The van der Waals surface area contributed by atoms with Crippen LogP contribution in [0.4, 0.5) is 5.95 Å². The van der Waals surface area contributed by atoms with E-state index in [1.807, 2.05) is 30.3 Å². The van der Waals surface area contributed by atoms with Crippen molar-refractivity contribution in [2.45, 2.75) is 23.6 Å². The van der Waals surface area contributed by atoms with E-state index in [0.717, 1.165) is 55.4 Å². The third-order valence-corrected chi connectivity index (χ3v) is 6.11. The molecular weight excluding hydrogens is 441 g/mol. The molecule has 5 nitrogen and oxygen atoms in total. The van der Waals surface area contributed by atoms with Crippen molar-refractivity contribution in [1.82, 2.24) is 19.9 Å². The summed E-state index contributed by atoms with van der Waals surface area (Å²) in [6, 6.07) is 14.2. The molecule has 30 heavy (non-hydrogen) atoms. The van der Waals surface area contributed by atoms with Crippen LogP contribution >= 0.6 is 34.8 Å². The highest BCUT2D eigenvalue weighted by atomic mass is 35.6. The molecule has 0 atom stereocenters. The average Bonchev–Trinajstić information content (AvgIpc) is 2.77. The van der Waals surface area contributed by atoms with Crippen molar-refractivity contribution in [3.63, 3.8) is 0 Å². The molecule has 2 heterocycles. The number of aromatic nitrogens is 3. The molecule has 158 valence electrons. The Labute approximate surface area is 191 Å². The largest absolute Gasteiger partial charge is 0.354 e. The molecule has 1 saturated heterocycles. The summed E-state index contributed by atoms with van der Waals surface area (Å²) in [7, 11) is 0. The minimum atomic E-state index is -1.72. The molecule has 2 aromatic carbocycles. The van der Waals surface area contributed by atoms with Crippen LogP contribution in [-0.2, 0) is 3.79 Å². The highest BCUT2D eigenvalue weighted by Crippen LogP contribution is 2.37. The standard InChI is InChI=1S/C22H24Cl3N5/c1-2-30-11-9-15(10-12-30)14-26-21-28-19(27-20(29-21)22(23,24)25)18-8-7-16-5-3-4-6-17(16)13-18/h3-8,13,15H,2,9-12,14H2,1H3,(H,26,27,28,29). The maximum absolute atomic E-state index is 6.11. The van der Waals surface area contributed by atoms with Gasteiger partial charge in [-0.1, -0.05) is 78.1 Å². The number of benzene rings is 2. The van der Waals surface area contributed by atoms with Gasteiger partial charge in [-0.05, 0) is 55.2 Å². The third-order valence-electron chi connectivity index (χ3n) is 5.60. The second kappa shape index (κ2) is 9.23. The van der Waals surface area contributed by atoms with Crippen molar-refractivity contribution in [1.29, 1.82) is 0 Å². The molecule has 3 aromatic rings. The van der Waals surface area contributed by atoms with Gasteiger partial charge >= 0.3 is 0 Å². The Kier molecular flexibility index (Phi) is 6.63. The molecule has 0 aliphatic carbocycles. The third kappa shape index (κ3) is 5.14. The van der Waals surface area contributed by atoms with E-state index in [-0.39, 0.29) is 5.82 Å². The van der Waals surface area contributed by atoms with Gasteiger partial charge in [0.1, 0.15) is 0 Å². The molecule has 1 N–H and O–H groups in total. The number of nitrogens with one attached hydrogen (secondary N) is 1. The first-order valence-electron chi connectivity index (χ1n) is 10.2. The van der Waals surface area contributed by atoms with Gasteiger partial charge in [0, 0.05) is 12.1 Å². The molecule has 0 amide bonds. The van der Waals surface area contributed by atoms with Gasteiger partial charge in [-0.15, -0.1) is 0 Å². The highest BCUT2D eigenvalue weighted by Gasteiger charge is 2.29. The lowest BCUT2D eigenvalue weighted by Crippen LogP contribution is -2.35. The second-order valence-electron chi connectivity index (χ2n) is 7.62. The number of fused-ring (bicyclic) bond motifs is 1. The number of hydrogen-bond donors (Lipinski definition) is 1. The predicted octanol–water partition coefficient (Wildman–Crippen LogP) is 5.66. The molecular formula is C22H24Cl3N5. The van der Waals surface area contributed by atoms with Gasteiger partial charge < -0.3 is 10.2 Å². The first-order chi connectivity index (χ1) is 14.4. The first-order valence-corrected chi connectivity index (χ1v) is 11.3. The van der Waals surface area contributed by atoms with Crippen LogP contribution in [0.2, 0.25) is 0 Å². The predicted molar refractivity (Wildman–Crippen MR) is 125 cm³/mol. The lowest BCUT2D eigenvalue weighted by Gasteiger charge is -2.31. The smallest absolute Gasteiger partial charge is 0.250 e. The molecule has 0 unspecified atom stereocenters. The quantitative estimate of drug-likeness (QED) is 0.494. The number of halogens is 3. The Morgan fingerprint density at radius 1 is 1.00 bits per heavy atom.